The summed E-state index contributed by atoms with van der Waals surface area (Å²) < 4.78 is 0. The fraction of sp³-hybridized carbons (Fsp3) is 1.00. The Labute approximate surface area is 107 Å². The smallest absolute Gasteiger partial charge is 0.00684 e. The van der Waals surface area contributed by atoms with E-state index in [-0.39, 0.29) is 0 Å². The van der Waals surface area contributed by atoms with Gasteiger partial charge < -0.3 is 5.32 Å². The van der Waals surface area contributed by atoms with E-state index in [1.54, 1.807) is 25.7 Å². The van der Waals surface area contributed by atoms with Crippen molar-refractivity contribution in [3.05, 3.63) is 0 Å². The number of nitrogens with one attached hydrogen (secondary N) is 1. The highest BCUT2D eigenvalue weighted by Gasteiger charge is 2.48. The predicted octanol–water partition coefficient (Wildman–Crippen LogP) is 3.98. The Kier molecular flexibility index (Phi) is 3.23. The van der Waals surface area contributed by atoms with E-state index in [2.05, 4.69) is 19.2 Å². The summed E-state index contributed by atoms with van der Waals surface area (Å²) in [4.78, 5) is 0. The molecule has 0 aromatic carbocycles. The van der Waals surface area contributed by atoms with Crippen molar-refractivity contribution in [2.75, 3.05) is 6.54 Å². The van der Waals surface area contributed by atoms with E-state index >= 15 is 0 Å². The zero-order valence-electron chi connectivity index (χ0n) is 11.7. The minimum Gasteiger partial charge on any atom is -0.313 e. The first-order valence-electron chi connectivity index (χ1n) is 8.01. The largest absolute Gasteiger partial charge is 0.313 e. The fourth-order valence-corrected chi connectivity index (χ4v) is 4.79. The lowest BCUT2D eigenvalue weighted by Gasteiger charge is -2.42. The predicted molar refractivity (Wildman–Crippen MR) is 73.0 cm³/mol. The van der Waals surface area contributed by atoms with Gasteiger partial charge in [0.15, 0.2) is 0 Å². The SMILES string of the molecule is CCC(CC)(CNC1CC1)C1CC2CCC1C2. The van der Waals surface area contributed by atoms with Crippen LogP contribution in [-0.2, 0) is 0 Å². The van der Waals surface area contributed by atoms with E-state index in [4.69, 9.17) is 0 Å². The maximum absolute atomic E-state index is 3.84. The monoisotopic (exact) mass is 235 g/mol. The quantitative estimate of drug-likeness (QED) is 0.734. The lowest BCUT2D eigenvalue weighted by molar-refractivity contribution is 0.0871. The van der Waals surface area contributed by atoms with Crippen molar-refractivity contribution in [3.63, 3.8) is 0 Å². The molecule has 0 aromatic heterocycles. The van der Waals surface area contributed by atoms with Gasteiger partial charge in [-0.15, -0.1) is 0 Å². The van der Waals surface area contributed by atoms with E-state index in [0.29, 0.717) is 5.41 Å². The van der Waals surface area contributed by atoms with Crippen LogP contribution in [0.5, 0.6) is 0 Å². The van der Waals surface area contributed by atoms with E-state index < -0.39 is 0 Å². The maximum Gasteiger partial charge on any atom is 0.00684 e. The molecule has 3 saturated carbocycles. The van der Waals surface area contributed by atoms with Crippen LogP contribution in [0.1, 0.15) is 65.2 Å². The van der Waals surface area contributed by atoms with Crippen molar-refractivity contribution in [1.29, 1.82) is 0 Å². The molecule has 0 heterocycles. The normalized spacial score (nSPS) is 36.7. The molecule has 3 unspecified atom stereocenters. The molecule has 0 radical (unpaired) electrons. The van der Waals surface area contributed by atoms with Gasteiger partial charge in [0.05, 0.1) is 0 Å². The molecule has 1 heteroatoms. The first-order chi connectivity index (χ1) is 8.27. The molecule has 3 aliphatic carbocycles. The molecule has 0 aliphatic heterocycles. The first kappa shape index (κ1) is 12.0. The number of rotatable bonds is 6. The Hall–Kier alpha value is -0.0400. The molecule has 3 atom stereocenters. The summed E-state index contributed by atoms with van der Waals surface area (Å²) in [5.41, 5.74) is 0.627. The summed E-state index contributed by atoms with van der Waals surface area (Å²) >= 11 is 0. The van der Waals surface area contributed by atoms with Gasteiger partial charge in [0.1, 0.15) is 0 Å². The average molecular weight is 235 g/mol. The molecule has 2 bridgehead atoms. The van der Waals surface area contributed by atoms with Gasteiger partial charge in [-0.2, -0.15) is 0 Å². The summed E-state index contributed by atoms with van der Waals surface area (Å²) in [5, 5.41) is 3.84. The minimum absolute atomic E-state index is 0.627. The molecule has 3 fully saturated rings. The molecular weight excluding hydrogens is 206 g/mol. The van der Waals surface area contributed by atoms with Crippen LogP contribution in [0, 0.1) is 23.2 Å². The second kappa shape index (κ2) is 4.57. The molecule has 0 saturated heterocycles. The molecule has 1 nitrogen and oxygen atoms in total. The van der Waals surface area contributed by atoms with Gasteiger partial charge in [-0.3, -0.25) is 0 Å². The highest BCUT2D eigenvalue weighted by molar-refractivity contribution is 5.00. The Morgan fingerprint density at radius 2 is 1.76 bits per heavy atom. The van der Waals surface area contributed by atoms with Crippen molar-refractivity contribution in [1.82, 2.24) is 5.32 Å². The van der Waals surface area contributed by atoms with Crippen LogP contribution in [0.3, 0.4) is 0 Å². The van der Waals surface area contributed by atoms with Crippen molar-refractivity contribution >= 4 is 0 Å². The molecule has 3 aliphatic rings. The second-order valence-corrected chi connectivity index (χ2v) is 7.01. The van der Waals surface area contributed by atoms with Gasteiger partial charge in [0.2, 0.25) is 0 Å². The Morgan fingerprint density at radius 3 is 2.24 bits per heavy atom. The highest BCUT2D eigenvalue weighted by Crippen LogP contribution is 2.56. The van der Waals surface area contributed by atoms with Crippen LogP contribution >= 0.6 is 0 Å². The minimum atomic E-state index is 0.627. The third-order valence-corrected chi connectivity index (χ3v) is 6.25. The summed E-state index contributed by atoms with van der Waals surface area (Å²) in [6.45, 7) is 6.17. The molecule has 3 rings (SSSR count). The van der Waals surface area contributed by atoms with Gasteiger partial charge in [0.25, 0.3) is 0 Å². The van der Waals surface area contributed by atoms with Gasteiger partial charge in [-0.05, 0) is 68.1 Å². The molecule has 1 N–H and O–H groups in total. The number of hydrogen-bond acceptors (Lipinski definition) is 1. The molecule has 17 heavy (non-hydrogen) atoms. The molecule has 0 aromatic rings. The fourth-order valence-electron chi connectivity index (χ4n) is 4.79. The summed E-state index contributed by atoms with van der Waals surface area (Å²) in [5.74, 6) is 3.23. The van der Waals surface area contributed by atoms with Crippen LogP contribution in [0.15, 0.2) is 0 Å². The Morgan fingerprint density at radius 1 is 1.00 bits per heavy atom. The second-order valence-electron chi connectivity index (χ2n) is 7.01. The summed E-state index contributed by atoms with van der Waals surface area (Å²) in [6.07, 6.45) is 11.8. The van der Waals surface area contributed by atoms with Crippen LogP contribution in [0.2, 0.25) is 0 Å². The van der Waals surface area contributed by atoms with E-state index in [1.165, 1.54) is 32.2 Å². The topological polar surface area (TPSA) is 12.0 Å². The summed E-state index contributed by atoms with van der Waals surface area (Å²) in [7, 11) is 0. The van der Waals surface area contributed by atoms with Crippen LogP contribution in [-0.4, -0.2) is 12.6 Å². The molecular formula is C16H29N. The highest BCUT2D eigenvalue weighted by atomic mass is 15.0. The Balaban J connectivity index is 1.68. The molecule has 98 valence electrons. The number of fused-ring (bicyclic) bond motifs is 2. The van der Waals surface area contributed by atoms with Crippen molar-refractivity contribution in [3.8, 4) is 0 Å². The third-order valence-electron chi connectivity index (χ3n) is 6.25. The van der Waals surface area contributed by atoms with Crippen molar-refractivity contribution < 1.29 is 0 Å². The maximum atomic E-state index is 3.84. The van der Waals surface area contributed by atoms with E-state index in [1.807, 2.05) is 0 Å². The first-order valence-corrected chi connectivity index (χ1v) is 8.01. The van der Waals surface area contributed by atoms with Gasteiger partial charge >= 0.3 is 0 Å². The van der Waals surface area contributed by atoms with Crippen molar-refractivity contribution in [2.24, 2.45) is 23.2 Å². The van der Waals surface area contributed by atoms with E-state index in [9.17, 15) is 0 Å². The van der Waals surface area contributed by atoms with Gasteiger partial charge in [0, 0.05) is 12.6 Å². The van der Waals surface area contributed by atoms with Crippen LogP contribution in [0.25, 0.3) is 0 Å². The standard InChI is InChI=1S/C16H29N/c1-3-16(4-2,11-17-14-7-8-14)15-10-12-5-6-13(15)9-12/h12-15,17H,3-11H2,1-2H3. The van der Waals surface area contributed by atoms with Gasteiger partial charge in [-0.25, -0.2) is 0 Å². The third kappa shape index (κ3) is 2.16. The number of hydrogen-bond donors (Lipinski definition) is 1. The average Bonchev–Trinajstić information content (AvgIpc) is 2.96. The molecule has 0 amide bonds. The molecule has 0 spiro atoms. The van der Waals surface area contributed by atoms with Crippen LogP contribution in [0.4, 0.5) is 0 Å². The zero-order chi connectivity index (χ0) is 11.9. The van der Waals surface area contributed by atoms with Gasteiger partial charge in [-0.1, -0.05) is 20.3 Å². The lowest BCUT2D eigenvalue weighted by atomic mass is 9.65. The van der Waals surface area contributed by atoms with E-state index in [0.717, 1.165) is 23.8 Å². The lowest BCUT2D eigenvalue weighted by Crippen LogP contribution is -2.42. The van der Waals surface area contributed by atoms with Crippen LogP contribution < -0.4 is 5.32 Å². The van der Waals surface area contributed by atoms with Crippen molar-refractivity contribution in [2.45, 2.75) is 71.3 Å². The zero-order valence-corrected chi connectivity index (χ0v) is 11.7. The Bertz CT molecular complexity index is 265. The summed E-state index contributed by atoms with van der Waals surface area (Å²) in [6, 6.07) is 0.881.